The van der Waals surface area contributed by atoms with Crippen molar-refractivity contribution in [2.75, 3.05) is 27.2 Å². The molecule has 1 unspecified atom stereocenters. The molecule has 0 radical (unpaired) electrons. The Morgan fingerprint density at radius 1 is 1.55 bits per heavy atom. The molecule has 0 bridgehead atoms. The molecule has 0 aliphatic heterocycles. The van der Waals surface area contributed by atoms with Crippen molar-refractivity contribution in [2.45, 2.75) is 13.0 Å². The van der Waals surface area contributed by atoms with Gasteiger partial charge in [-0.1, -0.05) is 0 Å². The Bertz CT molecular complexity index is 117. The van der Waals surface area contributed by atoms with Gasteiger partial charge in [-0.25, -0.2) is 0 Å². The summed E-state index contributed by atoms with van der Waals surface area (Å²) in [6, 6.07) is 0. The van der Waals surface area contributed by atoms with E-state index >= 15 is 0 Å². The van der Waals surface area contributed by atoms with E-state index in [0.717, 1.165) is 6.54 Å². The molecule has 11 heavy (non-hydrogen) atoms. The van der Waals surface area contributed by atoms with Crippen molar-refractivity contribution in [1.29, 1.82) is 0 Å². The molecule has 0 aromatic rings. The van der Waals surface area contributed by atoms with Crippen molar-refractivity contribution < 1.29 is 9.53 Å². The van der Waals surface area contributed by atoms with Gasteiger partial charge in [-0.3, -0.25) is 4.79 Å². The van der Waals surface area contributed by atoms with Crippen LogP contribution in [0.1, 0.15) is 6.92 Å². The number of ether oxygens (including phenoxy) is 1. The Balaban J connectivity index is 3.36. The molecule has 0 saturated carbocycles. The zero-order chi connectivity index (χ0) is 8.69. The van der Waals surface area contributed by atoms with Gasteiger partial charge < -0.3 is 15.4 Å². The van der Waals surface area contributed by atoms with E-state index in [1.165, 1.54) is 7.11 Å². The lowest BCUT2D eigenvalue weighted by atomic mass is 10.4. The van der Waals surface area contributed by atoms with Gasteiger partial charge >= 0.3 is 0 Å². The topological polar surface area (TPSA) is 50.4 Å². The summed E-state index contributed by atoms with van der Waals surface area (Å²) in [5.74, 6) is -0.0669. The Morgan fingerprint density at radius 2 is 2.18 bits per heavy atom. The molecule has 0 aliphatic carbocycles. The molecule has 1 atom stereocenters. The number of hydrogen-bond acceptors (Lipinski definition) is 3. The minimum atomic E-state index is -0.355. The third-order valence-electron chi connectivity index (χ3n) is 1.40. The Labute approximate surface area is 67.3 Å². The SMILES string of the molecule is CNCCNC(=O)C(C)OC. The van der Waals surface area contributed by atoms with Crippen LogP contribution in [0.4, 0.5) is 0 Å². The lowest BCUT2D eigenvalue weighted by Gasteiger charge is -2.09. The summed E-state index contributed by atoms with van der Waals surface area (Å²) in [6.45, 7) is 3.14. The average molecular weight is 160 g/mol. The quantitative estimate of drug-likeness (QED) is 0.526. The molecule has 0 saturated heterocycles. The van der Waals surface area contributed by atoms with Crippen LogP contribution in [-0.2, 0) is 9.53 Å². The third kappa shape index (κ3) is 4.75. The van der Waals surface area contributed by atoms with E-state index in [9.17, 15) is 4.79 Å². The highest BCUT2D eigenvalue weighted by Gasteiger charge is 2.08. The Kier molecular flexibility index (Phi) is 5.78. The van der Waals surface area contributed by atoms with Gasteiger partial charge in [-0.15, -0.1) is 0 Å². The normalized spacial score (nSPS) is 12.6. The minimum absolute atomic E-state index is 0.0669. The fourth-order valence-electron chi connectivity index (χ4n) is 0.561. The highest BCUT2D eigenvalue weighted by molar-refractivity contribution is 5.80. The number of carbonyl (C=O) groups is 1. The van der Waals surface area contributed by atoms with Gasteiger partial charge in [0.05, 0.1) is 0 Å². The predicted octanol–water partition coefficient (Wildman–Crippen LogP) is -0.643. The summed E-state index contributed by atoms with van der Waals surface area (Å²) in [5.41, 5.74) is 0. The van der Waals surface area contributed by atoms with Crippen LogP contribution in [0.3, 0.4) is 0 Å². The molecule has 0 rings (SSSR count). The predicted molar refractivity (Wildman–Crippen MR) is 43.4 cm³/mol. The van der Waals surface area contributed by atoms with E-state index in [1.54, 1.807) is 6.92 Å². The number of rotatable bonds is 5. The highest BCUT2D eigenvalue weighted by atomic mass is 16.5. The summed E-state index contributed by atoms with van der Waals surface area (Å²) in [5, 5.41) is 5.63. The smallest absolute Gasteiger partial charge is 0.248 e. The second-order valence-electron chi connectivity index (χ2n) is 2.27. The maximum atomic E-state index is 11.0. The Morgan fingerprint density at radius 3 is 2.64 bits per heavy atom. The maximum absolute atomic E-state index is 11.0. The molecule has 1 amide bonds. The average Bonchev–Trinajstić information content (AvgIpc) is 2.03. The van der Waals surface area contributed by atoms with E-state index in [-0.39, 0.29) is 12.0 Å². The van der Waals surface area contributed by atoms with Crippen molar-refractivity contribution >= 4 is 5.91 Å². The molecule has 0 aromatic heterocycles. The number of carbonyl (C=O) groups excluding carboxylic acids is 1. The monoisotopic (exact) mass is 160 g/mol. The number of likely N-dealkylation sites (N-methyl/N-ethyl adjacent to an activating group) is 1. The van der Waals surface area contributed by atoms with Crippen LogP contribution in [-0.4, -0.2) is 39.3 Å². The molecule has 0 aliphatic rings. The lowest BCUT2D eigenvalue weighted by molar-refractivity contribution is -0.129. The van der Waals surface area contributed by atoms with Gasteiger partial charge in [-0.05, 0) is 14.0 Å². The van der Waals surface area contributed by atoms with E-state index in [2.05, 4.69) is 10.6 Å². The van der Waals surface area contributed by atoms with Crippen LogP contribution in [0.2, 0.25) is 0 Å². The molecule has 66 valence electrons. The lowest BCUT2D eigenvalue weighted by Crippen LogP contribution is -2.37. The van der Waals surface area contributed by atoms with Gasteiger partial charge in [0.1, 0.15) is 6.10 Å². The minimum Gasteiger partial charge on any atom is -0.372 e. The molecular formula is C7H16N2O2. The summed E-state index contributed by atoms with van der Waals surface area (Å²) in [6.07, 6.45) is -0.355. The van der Waals surface area contributed by atoms with Crippen LogP contribution in [0.25, 0.3) is 0 Å². The largest absolute Gasteiger partial charge is 0.372 e. The van der Waals surface area contributed by atoms with Crippen LogP contribution in [0.15, 0.2) is 0 Å². The first-order chi connectivity index (χ1) is 5.22. The number of hydrogen-bond donors (Lipinski definition) is 2. The highest BCUT2D eigenvalue weighted by Crippen LogP contribution is 1.85. The zero-order valence-electron chi connectivity index (χ0n) is 7.31. The van der Waals surface area contributed by atoms with Gasteiger partial charge in [0.2, 0.25) is 5.91 Å². The number of amides is 1. The summed E-state index contributed by atoms with van der Waals surface area (Å²) in [4.78, 5) is 11.0. The molecule has 4 nitrogen and oxygen atoms in total. The number of methoxy groups -OCH3 is 1. The Hall–Kier alpha value is -0.610. The standard InChI is InChI=1S/C7H16N2O2/c1-6(11-3)7(10)9-5-4-8-2/h6,8H,4-5H2,1-3H3,(H,9,10). The second kappa shape index (κ2) is 6.12. The van der Waals surface area contributed by atoms with Crippen LogP contribution >= 0.6 is 0 Å². The molecule has 2 N–H and O–H groups in total. The van der Waals surface area contributed by atoms with Crippen LogP contribution in [0.5, 0.6) is 0 Å². The number of nitrogens with one attached hydrogen (secondary N) is 2. The first-order valence-corrected chi connectivity index (χ1v) is 3.67. The van der Waals surface area contributed by atoms with Gasteiger partial charge in [-0.2, -0.15) is 0 Å². The van der Waals surface area contributed by atoms with E-state index in [4.69, 9.17) is 4.74 Å². The molecule has 0 spiro atoms. The molecule has 0 fully saturated rings. The van der Waals surface area contributed by atoms with E-state index < -0.39 is 0 Å². The first kappa shape index (κ1) is 10.4. The molecule has 0 heterocycles. The fourth-order valence-corrected chi connectivity index (χ4v) is 0.561. The molecule has 0 aromatic carbocycles. The van der Waals surface area contributed by atoms with Crippen molar-refractivity contribution in [3.8, 4) is 0 Å². The zero-order valence-corrected chi connectivity index (χ0v) is 7.31. The van der Waals surface area contributed by atoms with Crippen molar-refractivity contribution in [3.63, 3.8) is 0 Å². The fraction of sp³-hybridized carbons (Fsp3) is 0.857. The van der Waals surface area contributed by atoms with Crippen LogP contribution < -0.4 is 10.6 Å². The van der Waals surface area contributed by atoms with Gasteiger partial charge in [0.15, 0.2) is 0 Å². The van der Waals surface area contributed by atoms with Gasteiger partial charge in [0, 0.05) is 20.2 Å². The molecular weight excluding hydrogens is 144 g/mol. The molecule has 4 heteroatoms. The van der Waals surface area contributed by atoms with Crippen molar-refractivity contribution in [2.24, 2.45) is 0 Å². The third-order valence-corrected chi connectivity index (χ3v) is 1.40. The van der Waals surface area contributed by atoms with Crippen molar-refractivity contribution in [1.82, 2.24) is 10.6 Å². The van der Waals surface area contributed by atoms with Crippen LogP contribution in [0, 0.1) is 0 Å². The van der Waals surface area contributed by atoms with E-state index in [1.807, 2.05) is 7.05 Å². The van der Waals surface area contributed by atoms with E-state index in [0.29, 0.717) is 6.54 Å². The van der Waals surface area contributed by atoms with Crippen molar-refractivity contribution in [3.05, 3.63) is 0 Å². The summed E-state index contributed by atoms with van der Waals surface area (Å²) < 4.78 is 4.81. The first-order valence-electron chi connectivity index (χ1n) is 3.67. The second-order valence-corrected chi connectivity index (χ2v) is 2.27. The van der Waals surface area contributed by atoms with Gasteiger partial charge in [0.25, 0.3) is 0 Å². The summed E-state index contributed by atoms with van der Waals surface area (Å²) >= 11 is 0. The summed E-state index contributed by atoms with van der Waals surface area (Å²) in [7, 11) is 3.36. The maximum Gasteiger partial charge on any atom is 0.248 e.